The molecule has 0 heterocycles. The number of carbonyl (C=O) groups excluding carboxylic acids is 1. The molecule has 4 rings (SSSR count). The molecule has 1 saturated carbocycles. The van der Waals surface area contributed by atoms with Crippen LogP contribution in [0.2, 0.25) is 0 Å². The molecule has 3 aromatic carbocycles. The number of nitrogens with one attached hydrogen (secondary N) is 2. The Morgan fingerprint density at radius 3 is 2.52 bits per heavy atom. The van der Waals surface area contributed by atoms with Crippen molar-refractivity contribution in [1.29, 1.82) is 0 Å². The van der Waals surface area contributed by atoms with Crippen molar-refractivity contribution in [2.24, 2.45) is 5.92 Å². The Kier molecular flexibility index (Phi) is 4.71. The van der Waals surface area contributed by atoms with E-state index in [1.807, 2.05) is 36.4 Å². The molecule has 1 atom stereocenters. The van der Waals surface area contributed by atoms with Crippen molar-refractivity contribution in [3.05, 3.63) is 66.2 Å². The molecule has 1 unspecified atom stereocenters. The molecule has 138 valence electrons. The zero-order valence-corrected chi connectivity index (χ0v) is 15.7. The van der Waals surface area contributed by atoms with Crippen molar-refractivity contribution >= 4 is 28.1 Å². The molecule has 27 heavy (non-hydrogen) atoms. The maximum Gasteiger partial charge on any atom is 0.227 e. The topological polar surface area (TPSA) is 50.4 Å². The van der Waals surface area contributed by atoms with E-state index >= 15 is 0 Å². The average molecular weight is 360 g/mol. The van der Waals surface area contributed by atoms with Crippen molar-refractivity contribution in [1.82, 2.24) is 0 Å². The minimum absolute atomic E-state index is 0.130. The van der Waals surface area contributed by atoms with Gasteiger partial charge in [-0.2, -0.15) is 0 Å². The first-order chi connectivity index (χ1) is 13.1. The monoisotopic (exact) mass is 360 g/mol. The fourth-order valence-corrected chi connectivity index (χ4v) is 3.25. The lowest BCUT2D eigenvalue weighted by Gasteiger charge is -2.17. The van der Waals surface area contributed by atoms with Crippen molar-refractivity contribution < 1.29 is 9.53 Å². The van der Waals surface area contributed by atoms with Crippen molar-refractivity contribution in [2.45, 2.75) is 25.8 Å². The highest BCUT2D eigenvalue weighted by atomic mass is 16.5. The smallest absolute Gasteiger partial charge is 0.227 e. The second-order valence-corrected chi connectivity index (χ2v) is 7.18. The van der Waals surface area contributed by atoms with E-state index in [1.54, 1.807) is 7.11 Å². The molecule has 4 nitrogen and oxygen atoms in total. The van der Waals surface area contributed by atoms with E-state index in [-0.39, 0.29) is 17.9 Å². The number of hydrogen-bond acceptors (Lipinski definition) is 3. The van der Waals surface area contributed by atoms with Crippen LogP contribution < -0.4 is 15.4 Å². The summed E-state index contributed by atoms with van der Waals surface area (Å²) in [7, 11) is 1.68. The second kappa shape index (κ2) is 7.31. The van der Waals surface area contributed by atoms with Crippen LogP contribution in [0.3, 0.4) is 0 Å². The molecule has 0 aliphatic heterocycles. The molecule has 0 aromatic heterocycles. The van der Waals surface area contributed by atoms with Gasteiger partial charge in [-0.15, -0.1) is 0 Å². The van der Waals surface area contributed by atoms with Gasteiger partial charge in [0, 0.05) is 23.3 Å². The Morgan fingerprint density at radius 1 is 1.00 bits per heavy atom. The number of rotatable bonds is 6. The molecule has 0 saturated heterocycles. The Labute approximate surface area is 159 Å². The van der Waals surface area contributed by atoms with E-state index < -0.39 is 0 Å². The molecule has 2 N–H and O–H groups in total. The lowest BCUT2D eigenvalue weighted by molar-refractivity contribution is -0.117. The van der Waals surface area contributed by atoms with Gasteiger partial charge in [-0.05, 0) is 72.5 Å². The van der Waals surface area contributed by atoms with Crippen molar-refractivity contribution in [3.63, 3.8) is 0 Å². The summed E-state index contributed by atoms with van der Waals surface area (Å²) in [5.74, 6) is 1.20. The van der Waals surface area contributed by atoms with E-state index in [1.165, 1.54) is 10.9 Å². The van der Waals surface area contributed by atoms with E-state index in [0.717, 1.165) is 35.4 Å². The molecule has 1 fully saturated rings. The van der Waals surface area contributed by atoms with Gasteiger partial charge < -0.3 is 15.4 Å². The Bertz CT molecular complexity index is 979. The summed E-state index contributed by atoms with van der Waals surface area (Å²) in [5, 5.41) is 8.88. The summed E-state index contributed by atoms with van der Waals surface area (Å²) in [5.41, 5.74) is 3.04. The van der Waals surface area contributed by atoms with Crippen LogP contribution in [0, 0.1) is 5.92 Å². The Morgan fingerprint density at radius 2 is 1.74 bits per heavy atom. The quantitative estimate of drug-likeness (QED) is 0.621. The normalized spacial score (nSPS) is 14.6. The number of benzene rings is 3. The number of amides is 1. The maximum atomic E-state index is 12.0. The summed E-state index contributed by atoms with van der Waals surface area (Å²) in [6.45, 7) is 2.14. The van der Waals surface area contributed by atoms with Crippen LogP contribution in [0.1, 0.15) is 31.4 Å². The number of hydrogen-bond donors (Lipinski definition) is 2. The third-order valence-corrected chi connectivity index (χ3v) is 5.03. The van der Waals surface area contributed by atoms with Crippen LogP contribution in [0.15, 0.2) is 60.7 Å². The first-order valence-corrected chi connectivity index (χ1v) is 9.37. The largest absolute Gasteiger partial charge is 0.497 e. The zero-order chi connectivity index (χ0) is 18.8. The molecule has 3 aromatic rings. The van der Waals surface area contributed by atoms with Crippen LogP contribution in [0.5, 0.6) is 5.75 Å². The third-order valence-electron chi connectivity index (χ3n) is 5.03. The van der Waals surface area contributed by atoms with E-state index in [0.29, 0.717) is 0 Å². The number of carbonyl (C=O) groups is 1. The van der Waals surface area contributed by atoms with E-state index in [4.69, 9.17) is 4.74 Å². The van der Waals surface area contributed by atoms with Gasteiger partial charge >= 0.3 is 0 Å². The van der Waals surface area contributed by atoms with Crippen molar-refractivity contribution in [2.75, 3.05) is 17.7 Å². The lowest BCUT2D eigenvalue weighted by atomic mass is 10.0. The van der Waals surface area contributed by atoms with Gasteiger partial charge in [0.05, 0.1) is 7.11 Å². The molecule has 1 aliphatic rings. The fourth-order valence-electron chi connectivity index (χ4n) is 3.25. The molecule has 1 amide bonds. The first-order valence-electron chi connectivity index (χ1n) is 9.37. The van der Waals surface area contributed by atoms with Crippen LogP contribution >= 0.6 is 0 Å². The van der Waals surface area contributed by atoms with Gasteiger partial charge in [-0.25, -0.2) is 0 Å². The minimum atomic E-state index is 0.130. The first kappa shape index (κ1) is 17.4. The lowest BCUT2D eigenvalue weighted by Crippen LogP contribution is -2.13. The van der Waals surface area contributed by atoms with E-state index in [2.05, 4.69) is 41.8 Å². The van der Waals surface area contributed by atoms with Gasteiger partial charge in [-0.1, -0.05) is 24.3 Å². The Hall–Kier alpha value is -3.01. The summed E-state index contributed by atoms with van der Waals surface area (Å²) in [6, 6.07) is 20.6. The molecular weight excluding hydrogens is 336 g/mol. The summed E-state index contributed by atoms with van der Waals surface area (Å²) < 4.78 is 5.29. The summed E-state index contributed by atoms with van der Waals surface area (Å²) in [6.07, 6.45) is 2.02. The standard InChI is InChI=1S/C23H24N2O2/c1-15(17-8-9-19-13-22(27-2)11-10-18(19)12-17)24-20-4-3-5-21(14-20)25-23(26)16-6-7-16/h3-5,8-16,24H,6-7H2,1-2H3,(H,25,26). The molecule has 0 bridgehead atoms. The summed E-state index contributed by atoms with van der Waals surface area (Å²) >= 11 is 0. The van der Waals surface area contributed by atoms with Crippen LogP contribution in [-0.4, -0.2) is 13.0 Å². The molecule has 4 heteroatoms. The Balaban J connectivity index is 1.49. The van der Waals surface area contributed by atoms with E-state index in [9.17, 15) is 4.79 Å². The predicted molar refractivity (Wildman–Crippen MR) is 110 cm³/mol. The second-order valence-electron chi connectivity index (χ2n) is 7.18. The van der Waals surface area contributed by atoms with Gasteiger partial charge in [-0.3, -0.25) is 4.79 Å². The fraction of sp³-hybridized carbons (Fsp3) is 0.261. The van der Waals surface area contributed by atoms with Crippen LogP contribution in [0.4, 0.5) is 11.4 Å². The molecular formula is C23H24N2O2. The van der Waals surface area contributed by atoms with Crippen molar-refractivity contribution in [3.8, 4) is 5.75 Å². The zero-order valence-electron chi connectivity index (χ0n) is 15.7. The number of fused-ring (bicyclic) bond motifs is 1. The van der Waals surface area contributed by atoms with Gasteiger partial charge in [0.25, 0.3) is 0 Å². The number of methoxy groups -OCH3 is 1. The SMILES string of the molecule is COc1ccc2cc(C(C)Nc3cccc(NC(=O)C4CC4)c3)ccc2c1. The number of ether oxygens (including phenoxy) is 1. The molecule has 0 radical (unpaired) electrons. The number of anilines is 2. The van der Waals surface area contributed by atoms with Crippen LogP contribution in [-0.2, 0) is 4.79 Å². The minimum Gasteiger partial charge on any atom is -0.497 e. The maximum absolute atomic E-state index is 12.0. The van der Waals surface area contributed by atoms with Gasteiger partial charge in [0.2, 0.25) is 5.91 Å². The third kappa shape index (κ3) is 4.05. The summed E-state index contributed by atoms with van der Waals surface area (Å²) in [4.78, 5) is 12.0. The molecule has 0 spiro atoms. The van der Waals surface area contributed by atoms with Crippen LogP contribution in [0.25, 0.3) is 10.8 Å². The highest BCUT2D eigenvalue weighted by molar-refractivity contribution is 5.94. The van der Waals surface area contributed by atoms with Gasteiger partial charge in [0.15, 0.2) is 0 Å². The van der Waals surface area contributed by atoms with Gasteiger partial charge in [0.1, 0.15) is 5.75 Å². The predicted octanol–water partition coefficient (Wildman–Crippen LogP) is 5.37. The molecule has 1 aliphatic carbocycles. The highest BCUT2D eigenvalue weighted by Crippen LogP contribution is 2.31. The average Bonchev–Trinajstić information content (AvgIpc) is 3.52. The highest BCUT2D eigenvalue weighted by Gasteiger charge is 2.29.